The third-order valence-electron chi connectivity index (χ3n) is 5.43. The van der Waals surface area contributed by atoms with Crippen LogP contribution in [0.1, 0.15) is 65.0 Å². The van der Waals surface area contributed by atoms with Crippen molar-refractivity contribution in [1.29, 1.82) is 0 Å². The van der Waals surface area contributed by atoms with Crippen molar-refractivity contribution in [2.24, 2.45) is 5.14 Å². The molecular formula is C18H30BNO3S. The summed E-state index contributed by atoms with van der Waals surface area (Å²) in [6.45, 7) is 14.4. The van der Waals surface area contributed by atoms with E-state index in [9.17, 15) is 4.21 Å². The van der Waals surface area contributed by atoms with Crippen LogP contribution in [-0.2, 0) is 20.3 Å². The Bertz CT molecular complexity index is 617. The Labute approximate surface area is 149 Å². The van der Waals surface area contributed by atoms with Gasteiger partial charge in [0.05, 0.1) is 22.2 Å². The van der Waals surface area contributed by atoms with Gasteiger partial charge in [-0.05, 0) is 70.5 Å². The van der Waals surface area contributed by atoms with Gasteiger partial charge in [-0.3, -0.25) is 5.14 Å². The fourth-order valence-electron chi connectivity index (χ4n) is 3.10. The predicted octanol–water partition coefficient (Wildman–Crippen LogP) is 2.80. The van der Waals surface area contributed by atoms with E-state index in [1.165, 1.54) is 11.1 Å². The van der Waals surface area contributed by atoms with Crippen LogP contribution in [0.3, 0.4) is 0 Å². The summed E-state index contributed by atoms with van der Waals surface area (Å²) in [4.78, 5) is 0. The molecule has 24 heavy (non-hydrogen) atoms. The van der Waals surface area contributed by atoms with Crippen molar-refractivity contribution in [3.63, 3.8) is 0 Å². The van der Waals surface area contributed by atoms with E-state index in [4.69, 9.17) is 14.4 Å². The lowest BCUT2D eigenvalue weighted by atomic mass is 9.77. The fourth-order valence-corrected chi connectivity index (χ4v) is 3.58. The largest absolute Gasteiger partial charge is 0.494 e. The highest BCUT2D eigenvalue weighted by molar-refractivity contribution is 7.83. The molecule has 0 aliphatic carbocycles. The molecule has 3 atom stereocenters. The van der Waals surface area contributed by atoms with Gasteiger partial charge in [0.1, 0.15) is 0 Å². The molecule has 0 spiro atoms. The van der Waals surface area contributed by atoms with Gasteiger partial charge in [0.2, 0.25) is 0 Å². The molecule has 6 heteroatoms. The van der Waals surface area contributed by atoms with E-state index in [1.54, 1.807) is 0 Å². The standard InChI is InChI=1S/C18H30BNO3S/c1-12(10-14(3)24(20)21)16-9-8-15(11-13(16)2)19-22-17(4,5)18(6,7)23-19/h8-9,11-12,14H,10,20H2,1-7H3/t12-,14?,24?/m1/s1. The number of benzene rings is 1. The predicted molar refractivity (Wildman–Crippen MR) is 102 cm³/mol. The van der Waals surface area contributed by atoms with E-state index in [2.05, 4.69) is 59.7 Å². The van der Waals surface area contributed by atoms with E-state index in [0.29, 0.717) is 5.92 Å². The highest BCUT2D eigenvalue weighted by Gasteiger charge is 2.51. The van der Waals surface area contributed by atoms with Gasteiger partial charge >= 0.3 is 7.12 Å². The number of aryl methyl sites for hydroxylation is 1. The molecular weight excluding hydrogens is 321 g/mol. The number of hydrogen-bond acceptors (Lipinski definition) is 3. The summed E-state index contributed by atoms with van der Waals surface area (Å²) in [6, 6.07) is 6.34. The normalized spacial score (nSPS) is 23.1. The second kappa shape index (κ2) is 6.91. The molecule has 1 aromatic rings. The summed E-state index contributed by atoms with van der Waals surface area (Å²) in [5.41, 5.74) is 2.82. The van der Waals surface area contributed by atoms with Crippen molar-refractivity contribution < 1.29 is 13.5 Å². The minimum Gasteiger partial charge on any atom is -0.399 e. The minimum atomic E-state index is -1.28. The van der Waals surface area contributed by atoms with Crippen molar-refractivity contribution >= 4 is 23.6 Å². The molecule has 0 bridgehead atoms. The average Bonchev–Trinajstić information content (AvgIpc) is 2.66. The van der Waals surface area contributed by atoms with Crippen molar-refractivity contribution in [1.82, 2.24) is 0 Å². The van der Waals surface area contributed by atoms with Crippen LogP contribution in [0.25, 0.3) is 0 Å². The number of nitrogens with two attached hydrogens (primary N) is 1. The fraction of sp³-hybridized carbons (Fsp3) is 0.667. The lowest BCUT2D eigenvalue weighted by Crippen LogP contribution is -2.41. The molecule has 1 aromatic carbocycles. The van der Waals surface area contributed by atoms with Crippen LogP contribution >= 0.6 is 0 Å². The van der Waals surface area contributed by atoms with Crippen LogP contribution < -0.4 is 10.6 Å². The van der Waals surface area contributed by atoms with Crippen LogP contribution in [0.4, 0.5) is 0 Å². The monoisotopic (exact) mass is 351 g/mol. The van der Waals surface area contributed by atoms with Gasteiger partial charge in [-0.25, -0.2) is 4.21 Å². The Kier molecular flexibility index (Phi) is 5.65. The third kappa shape index (κ3) is 3.93. The van der Waals surface area contributed by atoms with Crippen molar-refractivity contribution in [2.75, 3.05) is 0 Å². The molecule has 1 aliphatic heterocycles. The van der Waals surface area contributed by atoms with E-state index < -0.39 is 11.0 Å². The Hall–Kier alpha value is -0.685. The lowest BCUT2D eigenvalue weighted by molar-refractivity contribution is 0.00578. The van der Waals surface area contributed by atoms with Gasteiger partial charge in [-0.15, -0.1) is 0 Å². The molecule has 1 fully saturated rings. The summed E-state index contributed by atoms with van der Waals surface area (Å²) in [5.74, 6) is 0.305. The molecule has 1 heterocycles. The molecule has 1 saturated heterocycles. The van der Waals surface area contributed by atoms with Gasteiger partial charge < -0.3 is 9.31 Å². The minimum absolute atomic E-state index is 0.0119. The Balaban J connectivity index is 2.17. The molecule has 0 aromatic heterocycles. The summed E-state index contributed by atoms with van der Waals surface area (Å²) >= 11 is 0. The lowest BCUT2D eigenvalue weighted by Gasteiger charge is -2.32. The molecule has 2 unspecified atom stereocenters. The summed E-state index contributed by atoms with van der Waals surface area (Å²) in [7, 11) is -1.61. The van der Waals surface area contributed by atoms with Crippen molar-refractivity contribution in [2.45, 2.75) is 77.3 Å². The summed E-state index contributed by atoms with van der Waals surface area (Å²) < 4.78 is 23.6. The van der Waals surface area contributed by atoms with Gasteiger partial charge in [0.25, 0.3) is 0 Å². The van der Waals surface area contributed by atoms with Gasteiger partial charge in [0.15, 0.2) is 0 Å². The van der Waals surface area contributed by atoms with Crippen molar-refractivity contribution in [3.05, 3.63) is 29.3 Å². The zero-order chi connectivity index (χ0) is 18.3. The first kappa shape index (κ1) is 19.6. The number of hydrogen-bond donors (Lipinski definition) is 1. The van der Waals surface area contributed by atoms with E-state index in [-0.39, 0.29) is 23.6 Å². The third-order valence-corrected chi connectivity index (χ3v) is 6.42. The first-order valence-electron chi connectivity index (χ1n) is 8.55. The van der Waals surface area contributed by atoms with Crippen LogP contribution in [0, 0.1) is 6.92 Å². The molecule has 0 amide bonds. The maximum absolute atomic E-state index is 11.4. The van der Waals surface area contributed by atoms with Gasteiger partial charge in [-0.1, -0.05) is 25.1 Å². The summed E-state index contributed by atoms with van der Waals surface area (Å²) in [6.07, 6.45) is 0.805. The molecule has 4 nitrogen and oxygen atoms in total. The maximum atomic E-state index is 11.4. The highest BCUT2D eigenvalue weighted by atomic mass is 32.2. The van der Waals surface area contributed by atoms with Gasteiger partial charge in [-0.2, -0.15) is 0 Å². The van der Waals surface area contributed by atoms with Crippen molar-refractivity contribution in [3.8, 4) is 0 Å². The Morgan fingerprint density at radius 1 is 1.17 bits per heavy atom. The van der Waals surface area contributed by atoms with Crippen LogP contribution in [0.5, 0.6) is 0 Å². The molecule has 2 rings (SSSR count). The first-order valence-corrected chi connectivity index (χ1v) is 9.83. The summed E-state index contributed by atoms with van der Waals surface area (Å²) in [5, 5.41) is 5.49. The van der Waals surface area contributed by atoms with Gasteiger partial charge in [0, 0.05) is 5.25 Å². The number of rotatable bonds is 5. The SMILES string of the molecule is Cc1cc(B2OC(C)(C)C(C)(C)O2)ccc1[C@H](C)CC(C)S(N)=O. The van der Waals surface area contributed by atoms with Crippen LogP contribution in [0.2, 0.25) is 0 Å². The smallest absolute Gasteiger partial charge is 0.399 e. The second-order valence-electron chi connectivity index (χ2n) is 7.98. The second-order valence-corrected chi connectivity index (χ2v) is 9.44. The molecule has 1 aliphatic rings. The van der Waals surface area contributed by atoms with E-state index in [1.807, 2.05) is 6.92 Å². The zero-order valence-electron chi connectivity index (χ0n) is 15.9. The van der Waals surface area contributed by atoms with Crippen LogP contribution in [-0.4, -0.2) is 27.8 Å². The van der Waals surface area contributed by atoms with Crippen LogP contribution in [0.15, 0.2) is 18.2 Å². The maximum Gasteiger partial charge on any atom is 0.494 e. The van der Waals surface area contributed by atoms with E-state index >= 15 is 0 Å². The molecule has 0 radical (unpaired) electrons. The topological polar surface area (TPSA) is 61.6 Å². The zero-order valence-corrected chi connectivity index (χ0v) is 16.7. The molecule has 0 saturated carbocycles. The Morgan fingerprint density at radius 3 is 2.17 bits per heavy atom. The molecule has 2 N–H and O–H groups in total. The van der Waals surface area contributed by atoms with E-state index in [0.717, 1.165) is 11.9 Å². The highest BCUT2D eigenvalue weighted by Crippen LogP contribution is 2.36. The Morgan fingerprint density at radius 2 is 1.71 bits per heavy atom. The first-order chi connectivity index (χ1) is 10.9. The molecule has 134 valence electrons. The average molecular weight is 351 g/mol. The quantitative estimate of drug-likeness (QED) is 0.830.